The number of amides is 1. The first kappa shape index (κ1) is 15.0. The maximum absolute atomic E-state index is 12.6. The summed E-state index contributed by atoms with van der Waals surface area (Å²) in [5.74, 6) is 1.03. The number of imidazole rings is 1. The van der Waals surface area contributed by atoms with E-state index in [9.17, 15) is 4.79 Å². The zero-order valence-electron chi connectivity index (χ0n) is 14.2. The third kappa shape index (κ3) is 2.49. The van der Waals surface area contributed by atoms with E-state index in [0.29, 0.717) is 5.56 Å². The summed E-state index contributed by atoms with van der Waals surface area (Å²) in [6.07, 6.45) is 5.99. The predicted octanol–water partition coefficient (Wildman–Crippen LogP) is 4.23. The van der Waals surface area contributed by atoms with Crippen LogP contribution in [-0.2, 0) is 13.0 Å². The van der Waals surface area contributed by atoms with Crippen LogP contribution in [0.2, 0.25) is 0 Å². The van der Waals surface area contributed by atoms with E-state index in [-0.39, 0.29) is 5.91 Å². The van der Waals surface area contributed by atoms with Gasteiger partial charge in [-0.05, 0) is 42.1 Å². The number of anilines is 1. The maximum atomic E-state index is 12.6. The molecule has 0 atom stereocenters. The van der Waals surface area contributed by atoms with E-state index in [4.69, 9.17) is 0 Å². The third-order valence-corrected chi connectivity index (χ3v) is 4.95. The number of nitrogens with zero attached hydrogens (tertiary/aromatic N) is 2. The van der Waals surface area contributed by atoms with Crippen molar-refractivity contribution in [3.05, 3.63) is 72.3 Å². The summed E-state index contributed by atoms with van der Waals surface area (Å²) in [7, 11) is 0. The number of aromatic amines is 1. The van der Waals surface area contributed by atoms with Crippen LogP contribution >= 0.6 is 0 Å². The number of carbonyl (C=O) groups is 1. The molecule has 26 heavy (non-hydrogen) atoms. The average molecular weight is 342 g/mol. The molecule has 0 aliphatic carbocycles. The Bertz CT molecular complexity index is 1120. The largest absolute Gasteiger partial charge is 0.361 e. The second kappa shape index (κ2) is 5.88. The topological polar surface area (TPSA) is 62.7 Å². The molecule has 0 saturated carbocycles. The van der Waals surface area contributed by atoms with Gasteiger partial charge >= 0.3 is 0 Å². The Labute approximate surface area is 150 Å². The second-order valence-electron chi connectivity index (χ2n) is 6.63. The first-order valence-corrected chi connectivity index (χ1v) is 8.81. The summed E-state index contributed by atoms with van der Waals surface area (Å²) < 4.78 is 2.26. The van der Waals surface area contributed by atoms with E-state index in [1.807, 2.05) is 54.9 Å². The number of aryl methyl sites for hydroxylation is 1. The molecule has 2 aromatic carbocycles. The molecule has 0 fully saturated rings. The van der Waals surface area contributed by atoms with Gasteiger partial charge in [-0.25, -0.2) is 4.98 Å². The average Bonchev–Trinajstić information content (AvgIpc) is 3.37. The van der Waals surface area contributed by atoms with Crippen LogP contribution in [0.1, 0.15) is 22.6 Å². The van der Waals surface area contributed by atoms with Gasteiger partial charge in [-0.1, -0.05) is 18.2 Å². The van der Waals surface area contributed by atoms with Crippen LogP contribution in [0, 0.1) is 0 Å². The van der Waals surface area contributed by atoms with Crippen molar-refractivity contribution in [3.8, 4) is 11.3 Å². The van der Waals surface area contributed by atoms with Crippen molar-refractivity contribution in [1.29, 1.82) is 0 Å². The Morgan fingerprint density at radius 2 is 2.12 bits per heavy atom. The van der Waals surface area contributed by atoms with E-state index in [0.717, 1.165) is 53.1 Å². The van der Waals surface area contributed by atoms with Gasteiger partial charge in [-0.2, -0.15) is 0 Å². The Morgan fingerprint density at radius 3 is 3.08 bits per heavy atom. The quantitative estimate of drug-likeness (QED) is 0.585. The van der Waals surface area contributed by atoms with E-state index < -0.39 is 0 Å². The van der Waals surface area contributed by atoms with Crippen LogP contribution in [0.5, 0.6) is 0 Å². The number of benzene rings is 2. The molecule has 1 aliphatic heterocycles. The summed E-state index contributed by atoms with van der Waals surface area (Å²) >= 11 is 0. The minimum absolute atomic E-state index is 0.114. The number of fused-ring (bicyclic) bond motifs is 2. The van der Waals surface area contributed by atoms with Gasteiger partial charge in [0.05, 0.1) is 11.9 Å². The minimum Gasteiger partial charge on any atom is -0.361 e. The van der Waals surface area contributed by atoms with Gasteiger partial charge in [0, 0.05) is 41.5 Å². The highest BCUT2D eigenvalue weighted by Crippen LogP contribution is 2.27. The van der Waals surface area contributed by atoms with Crippen molar-refractivity contribution in [2.75, 3.05) is 5.32 Å². The Morgan fingerprint density at radius 1 is 1.15 bits per heavy atom. The van der Waals surface area contributed by atoms with Gasteiger partial charge in [0.15, 0.2) is 0 Å². The van der Waals surface area contributed by atoms with Crippen LogP contribution in [0.3, 0.4) is 0 Å². The fourth-order valence-corrected chi connectivity index (χ4v) is 3.64. The molecule has 5 heteroatoms. The maximum Gasteiger partial charge on any atom is 0.255 e. The SMILES string of the molecule is O=C(Nc1cccc(-c2cnc3n2CCC3)c1)c1ccc2cc[nH]c2c1. The highest BCUT2D eigenvalue weighted by molar-refractivity contribution is 6.06. The molecule has 0 saturated heterocycles. The summed E-state index contributed by atoms with van der Waals surface area (Å²) in [6, 6.07) is 15.6. The molecule has 2 aromatic heterocycles. The number of nitrogens with one attached hydrogen (secondary N) is 2. The number of rotatable bonds is 3. The van der Waals surface area contributed by atoms with Crippen LogP contribution in [0.4, 0.5) is 5.69 Å². The lowest BCUT2D eigenvalue weighted by Crippen LogP contribution is -2.11. The van der Waals surface area contributed by atoms with Gasteiger partial charge in [0.25, 0.3) is 5.91 Å². The standard InChI is InChI=1S/C21H18N4O/c26-21(16-7-6-14-8-9-22-18(14)12-16)24-17-4-1-3-15(11-17)19-13-23-20-5-2-10-25(19)20/h1,3-4,6-9,11-13,22H,2,5,10H2,(H,24,26). The zero-order valence-corrected chi connectivity index (χ0v) is 14.2. The molecule has 2 N–H and O–H groups in total. The Balaban J connectivity index is 1.42. The molecule has 5 nitrogen and oxygen atoms in total. The van der Waals surface area contributed by atoms with Crippen molar-refractivity contribution in [1.82, 2.24) is 14.5 Å². The lowest BCUT2D eigenvalue weighted by atomic mass is 10.1. The highest BCUT2D eigenvalue weighted by Gasteiger charge is 2.17. The number of carbonyl (C=O) groups excluding carboxylic acids is 1. The number of aromatic nitrogens is 3. The number of hydrogen-bond donors (Lipinski definition) is 2. The molecule has 0 spiro atoms. The zero-order chi connectivity index (χ0) is 17.5. The molecule has 0 unspecified atom stereocenters. The number of hydrogen-bond acceptors (Lipinski definition) is 2. The van der Waals surface area contributed by atoms with Crippen LogP contribution in [-0.4, -0.2) is 20.4 Å². The van der Waals surface area contributed by atoms with Crippen LogP contribution in [0.25, 0.3) is 22.2 Å². The normalized spacial score (nSPS) is 13.1. The second-order valence-corrected chi connectivity index (χ2v) is 6.63. The lowest BCUT2D eigenvalue weighted by Gasteiger charge is -2.09. The van der Waals surface area contributed by atoms with Crippen molar-refractivity contribution in [2.24, 2.45) is 0 Å². The van der Waals surface area contributed by atoms with Gasteiger partial charge in [-0.3, -0.25) is 4.79 Å². The van der Waals surface area contributed by atoms with Gasteiger partial charge < -0.3 is 14.9 Å². The van der Waals surface area contributed by atoms with Gasteiger partial charge in [0.1, 0.15) is 5.82 Å². The molecule has 3 heterocycles. The smallest absolute Gasteiger partial charge is 0.255 e. The fourth-order valence-electron chi connectivity index (χ4n) is 3.64. The minimum atomic E-state index is -0.114. The summed E-state index contributed by atoms with van der Waals surface area (Å²) in [5, 5.41) is 4.10. The molecule has 5 rings (SSSR count). The van der Waals surface area contributed by atoms with Crippen LogP contribution in [0.15, 0.2) is 60.9 Å². The molecule has 4 aromatic rings. The van der Waals surface area contributed by atoms with E-state index in [2.05, 4.69) is 25.9 Å². The van der Waals surface area contributed by atoms with Gasteiger partial charge in [0.2, 0.25) is 0 Å². The molecule has 128 valence electrons. The molecular formula is C21H18N4O. The lowest BCUT2D eigenvalue weighted by molar-refractivity contribution is 0.102. The van der Waals surface area contributed by atoms with E-state index >= 15 is 0 Å². The molecule has 1 aliphatic rings. The summed E-state index contributed by atoms with van der Waals surface area (Å²) in [4.78, 5) is 20.3. The van der Waals surface area contributed by atoms with E-state index in [1.54, 1.807) is 0 Å². The summed E-state index contributed by atoms with van der Waals surface area (Å²) in [6.45, 7) is 1.01. The summed E-state index contributed by atoms with van der Waals surface area (Å²) in [5.41, 5.74) is 4.56. The third-order valence-electron chi connectivity index (χ3n) is 4.95. The molecule has 0 radical (unpaired) electrons. The molecular weight excluding hydrogens is 324 g/mol. The molecule has 0 bridgehead atoms. The predicted molar refractivity (Wildman–Crippen MR) is 102 cm³/mol. The van der Waals surface area contributed by atoms with Crippen LogP contribution < -0.4 is 5.32 Å². The Kier molecular flexibility index (Phi) is 3.38. The van der Waals surface area contributed by atoms with Crippen molar-refractivity contribution in [3.63, 3.8) is 0 Å². The van der Waals surface area contributed by atoms with E-state index in [1.165, 1.54) is 0 Å². The van der Waals surface area contributed by atoms with Crippen molar-refractivity contribution in [2.45, 2.75) is 19.4 Å². The highest BCUT2D eigenvalue weighted by atomic mass is 16.1. The van der Waals surface area contributed by atoms with Gasteiger partial charge in [-0.15, -0.1) is 0 Å². The number of H-pyrrole nitrogens is 1. The first-order chi connectivity index (χ1) is 12.8. The fraction of sp³-hybridized carbons (Fsp3) is 0.143. The first-order valence-electron chi connectivity index (χ1n) is 8.81. The molecule has 1 amide bonds. The van der Waals surface area contributed by atoms with Crippen molar-refractivity contribution >= 4 is 22.5 Å². The van der Waals surface area contributed by atoms with Crippen molar-refractivity contribution < 1.29 is 4.79 Å². The Hall–Kier alpha value is -3.34. The monoisotopic (exact) mass is 342 g/mol.